The van der Waals surface area contributed by atoms with Gasteiger partial charge in [-0.15, -0.1) is 0 Å². The lowest BCUT2D eigenvalue weighted by Gasteiger charge is -2.26. The second-order valence-electron chi connectivity index (χ2n) is 6.38. The zero-order valence-corrected chi connectivity index (χ0v) is 12.1. The molecule has 2 heterocycles. The van der Waals surface area contributed by atoms with Crippen LogP contribution in [0.4, 0.5) is 0 Å². The van der Waals surface area contributed by atoms with Crippen LogP contribution in [0.1, 0.15) is 43.2 Å². The van der Waals surface area contributed by atoms with Gasteiger partial charge in [-0.2, -0.15) is 0 Å². The minimum atomic E-state index is -0.992. The smallest absolute Gasteiger partial charge is 0.337 e. The topological polar surface area (TPSA) is 70.5 Å². The van der Waals surface area contributed by atoms with Gasteiger partial charge in [0, 0.05) is 19.2 Å². The molecule has 1 saturated heterocycles. The maximum absolute atomic E-state index is 12.0. The Labute approximate surface area is 118 Å². The van der Waals surface area contributed by atoms with Crippen molar-refractivity contribution < 1.29 is 14.7 Å². The molecule has 5 heteroatoms. The number of pyridine rings is 1. The van der Waals surface area contributed by atoms with Crippen molar-refractivity contribution in [3.8, 4) is 0 Å². The van der Waals surface area contributed by atoms with E-state index in [1.807, 2.05) is 0 Å². The summed E-state index contributed by atoms with van der Waals surface area (Å²) in [5.74, 6) is -0.489. The third kappa shape index (κ3) is 3.15. The molecule has 1 amide bonds. The second-order valence-corrected chi connectivity index (χ2v) is 6.38. The van der Waals surface area contributed by atoms with E-state index in [1.165, 1.54) is 12.3 Å². The molecule has 0 spiro atoms. The Morgan fingerprint density at radius 3 is 2.60 bits per heavy atom. The number of amides is 1. The number of aromatic carboxylic acids is 1. The van der Waals surface area contributed by atoms with Crippen LogP contribution in [-0.2, 0) is 11.3 Å². The molecule has 1 aromatic rings. The lowest BCUT2D eigenvalue weighted by molar-refractivity contribution is -0.128. The summed E-state index contributed by atoms with van der Waals surface area (Å²) in [6.45, 7) is 7.63. The molecule has 1 N–H and O–H groups in total. The summed E-state index contributed by atoms with van der Waals surface area (Å²) in [5.41, 5.74) is 0.998. The summed E-state index contributed by atoms with van der Waals surface area (Å²) in [7, 11) is 0. The quantitative estimate of drug-likeness (QED) is 0.918. The molecular weight excluding hydrogens is 256 g/mol. The predicted octanol–water partition coefficient (Wildman–Crippen LogP) is 2.17. The van der Waals surface area contributed by atoms with Gasteiger partial charge >= 0.3 is 5.97 Å². The van der Waals surface area contributed by atoms with Crippen molar-refractivity contribution in [3.63, 3.8) is 0 Å². The van der Waals surface area contributed by atoms with Crippen molar-refractivity contribution in [3.05, 3.63) is 29.6 Å². The van der Waals surface area contributed by atoms with Crippen LogP contribution < -0.4 is 0 Å². The van der Waals surface area contributed by atoms with E-state index in [9.17, 15) is 9.59 Å². The molecule has 108 valence electrons. The van der Waals surface area contributed by atoms with E-state index in [1.54, 1.807) is 11.0 Å². The van der Waals surface area contributed by atoms with E-state index < -0.39 is 5.97 Å². The normalized spacial score (nSPS) is 19.4. The number of likely N-dealkylation sites (tertiary alicyclic amines) is 1. The zero-order valence-electron chi connectivity index (χ0n) is 12.1. The first-order valence-corrected chi connectivity index (χ1v) is 6.73. The molecule has 1 unspecified atom stereocenters. The number of carbonyl (C=O) groups excluding carboxylic acids is 1. The molecule has 5 nitrogen and oxygen atoms in total. The lowest BCUT2D eigenvalue weighted by Crippen LogP contribution is -2.27. The number of carboxylic acid groups (broad SMARTS) is 1. The molecule has 20 heavy (non-hydrogen) atoms. The van der Waals surface area contributed by atoms with Crippen molar-refractivity contribution in [1.82, 2.24) is 9.88 Å². The van der Waals surface area contributed by atoms with Gasteiger partial charge in [0.25, 0.3) is 0 Å². The summed E-state index contributed by atoms with van der Waals surface area (Å²) in [6.07, 6.45) is 1.91. The van der Waals surface area contributed by atoms with Crippen LogP contribution in [0.15, 0.2) is 18.3 Å². The van der Waals surface area contributed by atoms with Crippen LogP contribution in [0.5, 0.6) is 0 Å². The largest absolute Gasteiger partial charge is 0.478 e. The fourth-order valence-corrected chi connectivity index (χ4v) is 2.35. The zero-order chi connectivity index (χ0) is 14.9. The SMILES string of the molecule is CC(C)(C)C1CC(=O)N(Cc2ccc(C(=O)O)cn2)C1. The molecule has 1 fully saturated rings. The van der Waals surface area contributed by atoms with E-state index in [0.717, 1.165) is 12.2 Å². The van der Waals surface area contributed by atoms with Crippen molar-refractivity contribution >= 4 is 11.9 Å². The molecule has 1 atom stereocenters. The maximum atomic E-state index is 12.0. The average molecular weight is 276 g/mol. The highest BCUT2D eigenvalue weighted by atomic mass is 16.4. The van der Waals surface area contributed by atoms with Crippen LogP contribution in [0.3, 0.4) is 0 Å². The van der Waals surface area contributed by atoms with Crippen molar-refractivity contribution in [2.75, 3.05) is 6.54 Å². The Kier molecular flexibility index (Phi) is 3.79. The summed E-state index contributed by atoms with van der Waals surface area (Å²) < 4.78 is 0. The highest BCUT2D eigenvalue weighted by Gasteiger charge is 2.36. The standard InChI is InChI=1S/C15H20N2O3/c1-15(2,3)11-6-13(18)17(8-11)9-12-5-4-10(7-16-12)14(19)20/h4-5,7,11H,6,8-9H2,1-3H3,(H,19,20). The Morgan fingerprint density at radius 1 is 1.45 bits per heavy atom. The van der Waals surface area contributed by atoms with Gasteiger partial charge in [-0.25, -0.2) is 4.79 Å². The Morgan fingerprint density at radius 2 is 2.15 bits per heavy atom. The first-order valence-electron chi connectivity index (χ1n) is 6.73. The third-order valence-electron chi connectivity index (χ3n) is 3.86. The maximum Gasteiger partial charge on any atom is 0.337 e. The molecule has 1 aliphatic heterocycles. The number of hydrogen-bond acceptors (Lipinski definition) is 3. The minimum Gasteiger partial charge on any atom is -0.478 e. The van der Waals surface area contributed by atoms with Crippen LogP contribution >= 0.6 is 0 Å². The number of rotatable bonds is 3. The van der Waals surface area contributed by atoms with Gasteiger partial charge in [-0.1, -0.05) is 20.8 Å². The number of aromatic nitrogens is 1. The highest BCUT2D eigenvalue weighted by Crippen LogP contribution is 2.34. The first kappa shape index (κ1) is 14.5. The molecule has 0 aromatic carbocycles. The molecular formula is C15H20N2O3. The first-order chi connectivity index (χ1) is 9.27. The molecule has 0 radical (unpaired) electrons. The lowest BCUT2D eigenvalue weighted by atomic mass is 9.80. The monoisotopic (exact) mass is 276 g/mol. The Balaban J connectivity index is 2.03. The van der Waals surface area contributed by atoms with Gasteiger partial charge < -0.3 is 10.0 Å². The van der Waals surface area contributed by atoms with E-state index in [-0.39, 0.29) is 16.9 Å². The van der Waals surface area contributed by atoms with Crippen LogP contribution in [0.2, 0.25) is 0 Å². The number of nitrogens with zero attached hydrogens (tertiary/aromatic N) is 2. The van der Waals surface area contributed by atoms with E-state index in [4.69, 9.17) is 5.11 Å². The van der Waals surface area contributed by atoms with Crippen molar-refractivity contribution in [2.24, 2.45) is 11.3 Å². The van der Waals surface area contributed by atoms with Gasteiger partial charge in [-0.05, 0) is 23.5 Å². The minimum absolute atomic E-state index is 0.116. The van der Waals surface area contributed by atoms with Gasteiger partial charge in [-0.3, -0.25) is 9.78 Å². The van der Waals surface area contributed by atoms with Gasteiger partial charge in [0.1, 0.15) is 0 Å². The van der Waals surface area contributed by atoms with E-state index in [0.29, 0.717) is 18.9 Å². The fraction of sp³-hybridized carbons (Fsp3) is 0.533. The fourth-order valence-electron chi connectivity index (χ4n) is 2.35. The average Bonchev–Trinajstić information content (AvgIpc) is 2.71. The molecule has 2 rings (SSSR count). The highest BCUT2D eigenvalue weighted by molar-refractivity contribution is 5.87. The summed E-state index contributed by atoms with van der Waals surface area (Å²) in [5, 5.41) is 8.82. The van der Waals surface area contributed by atoms with Gasteiger partial charge in [0.2, 0.25) is 5.91 Å². The Hall–Kier alpha value is -1.91. The molecule has 0 aliphatic carbocycles. The predicted molar refractivity (Wildman–Crippen MR) is 74.2 cm³/mol. The molecule has 1 aliphatic rings. The van der Waals surface area contributed by atoms with Crippen molar-refractivity contribution in [1.29, 1.82) is 0 Å². The van der Waals surface area contributed by atoms with Gasteiger partial charge in [0.05, 0.1) is 17.8 Å². The molecule has 0 saturated carbocycles. The second kappa shape index (κ2) is 5.23. The molecule has 1 aromatic heterocycles. The summed E-state index contributed by atoms with van der Waals surface area (Å²) >= 11 is 0. The summed E-state index contributed by atoms with van der Waals surface area (Å²) in [4.78, 5) is 28.7. The van der Waals surface area contributed by atoms with Crippen molar-refractivity contribution in [2.45, 2.75) is 33.7 Å². The van der Waals surface area contributed by atoms with Crippen LogP contribution in [-0.4, -0.2) is 33.4 Å². The van der Waals surface area contributed by atoms with E-state index >= 15 is 0 Å². The summed E-state index contributed by atoms with van der Waals surface area (Å²) in [6, 6.07) is 3.19. The van der Waals surface area contributed by atoms with Gasteiger partial charge in [0.15, 0.2) is 0 Å². The molecule has 0 bridgehead atoms. The van der Waals surface area contributed by atoms with Crippen LogP contribution in [0.25, 0.3) is 0 Å². The Bertz CT molecular complexity index is 517. The number of carboxylic acids is 1. The van der Waals surface area contributed by atoms with E-state index in [2.05, 4.69) is 25.8 Å². The number of hydrogen-bond donors (Lipinski definition) is 1. The van der Waals surface area contributed by atoms with Crippen LogP contribution in [0, 0.1) is 11.3 Å². The third-order valence-corrected chi connectivity index (χ3v) is 3.86. The number of carbonyl (C=O) groups is 2.